The second-order valence-electron chi connectivity index (χ2n) is 6.56. The number of nitrogens with zero attached hydrogens (tertiary/aromatic N) is 5. The summed E-state index contributed by atoms with van der Waals surface area (Å²) in [5.41, 5.74) is 4.03. The number of fused-ring (bicyclic) bond motifs is 1. The molecule has 0 fully saturated rings. The van der Waals surface area contributed by atoms with Crippen molar-refractivity contribution in [3.05, 3.63) is 77.1 Å². The first kappa shape index (κ1) is 16.9. The zero-order valence-electron chi connectivity index (χ0n) is 15.0. The van der Waals surface area contributed by atoms with E-state index in [1.807, 2.05) is 10.7 Å². The Kier molecular flexibility index (Phi) is 5.04. The molecular formula is C20H23N5O. The summed E-state index contributed by atoms with van der Waals surface area (Å²) < 4.78 is 7.08. The number of methoxy groups -OCH3 is 1. The molecule has 0 N–H and O–H groups in total. The van der Waals surface area contributed by atoms with Crippen LogP contribution < -0.4 is 0 Å². The summed E-state index contributed by atoms with van der Waals surface area (Å²) in [6.07, 6.45) is 1.04. The van der Waals surface area contributed by atoms with Crippen molar-refractivity contribution in [3.63, 3.8) is 0 Å². The number of hydrogen-bond donors (Lipinski definition) is 0. The topological polar surface area (TPSA) is 56.1 Å². The molecule has 2 heterocycles. The third-order valence-corrected chi connectivity index (χ3v) is 4.95. The third kappa shape index (κ3) is 3.38. The molecule has 4 rings (SSSR count). The van der Waals surface area contributed by atoms with Gasteiger partial charge < -0.3 is 4.74 Å². The predicted octanol–water partition coefficient (Wildman–Crippen LogP) is 2.47. The van der Waals surface area contributed by atoms with Gasteiger partial charge in [-0.25, -0.2) is 4.68 Å². The zero-order chi connectivity index (χ0) is 17.8. The van der Waals surface area contributed by atoms with Crippen LogP contribution in [-0.2, 0) is 24.2 Å². The number of aromatic nitrogens is 4. The van der Waals surface area contributed by atoms with E-state index in [0.717, 1.165) is 25.3 Å². The van der Waals surface area contributed by atoms with Crippen LogP contribution in [0, 0.1) is 0 Å². The van der Waals surface area contributed by atoms with Crippen molar-refractivity contribution in [1.82, 2.24) is 25.1 Å². The summed E-state index contributed by atoms with van der Waals surface area (Å²) in [4.78, 5) is 2.46. The molecule has 2 aromatic carbocycles. The van der Waals surface area contributed by atoms with Gasteiger partial charge in [0.25, 0.3) is 0 Å². The van der Waals surface area contributed by atoms with Gasteiger partial charge in [0, 0.05) is 20.2 Å². The molecule has 0 saturated carbocycles. The molecule has 6 nitrogen and oxygen atoms in total. The van der Waals surface area contributed by atoms with Gasteiger partial charge in [-0.3, -0.25) is 4.90 Å². The lowest BCUT2D eigenvalue weighted by Crippen LogP contribution is -2.36. The first-order chi connectivity index (χ1) is 12.9. The lowest BCUT2D eigenvalue weighted by molar-refractivity contribution is 0.170. The molecule has 0 bridgehead atoms. The Labute approximate surface area is 153 Å². The molecule has 0 radical (unpaired) electrons. The molecule has 3 aromatic rings. The van der Waals surface area contributed by atoms with Crippen molar-refractivity contribution in [1.29, 1.82) is 0 Å². The molecule has 1 atom stereocenters. The minimum atomic E-state index is 0.0245. The van der Waals surface area contributed by atoms with Crippen LogP contribution >= 0.6 is 0 Å². The van der Waals surface area contributed by atoms with E-state index in [0.29, 0.717) is 13.2 Å². The second-order valence-corrected chi connectivity index (χ2v) is 6.56. The highest BCUT2D eigenvalue weighted by Gasteiger charge is 2.30. The summed E-state index contributed by atoms with van der Waals surface area (Å²) in [6, 6.07) is 19.2. The number of ether oxygens (including phenoxy) is 1. The van der Waals surface area contributed by atoms with Crippen molar-refractivity contribution >= 4 is 0 Å². The summed E-state index contributed by atoms with van der Waals surface area (Å²) in [7, 11) is 1.69. The van der Waals surface area contributed by atoms with E-state index in [4.69, 9.17) is 4.74 Å². The lowest BCUT2D eigenvalue weighted by Gasteiger charge is -2.35. The standard InChI is InChI=1S/C20H23N5O/c1-26-14-13-25-20(21-22-23-25)19(17-8-3-2-4-9-17)24-12-11-16-7-5-6-10-18(16)15-24/h2-10,19H,11-15H2,1H3/t19-/m1/s1. The number of tetrazole rings is 1. The quantitative estimate of drug-likeness (QED) is 0.684. The van der Waals surface area contributed by atoms with E-state index in [1.165, 1.54) is 16.7 Å². The van der Waals surface area contributed by atoms with E-state index < -0.39 is 0 Å². The molecule has 134 valence electrons. The number of hydrogen-bond acceptors (Lipinski definition) is 5. The normalized spacial score (nSPS) is 15.6. The lowest BCUT2D eigenvalue weighted by atomic mass is 9.96. The molecule has 26 heavy (non-hydrogen) atoms. The van der Waals surface area contributed by atoms with Gasteiger partial charge in [-0.05, 0) is 33.5 Å². The zero-order valence-corrected chi connectivity index (χ0v) is 15.0. The van der Waals surface area contributed by atoms with Gasteiger partial charge in [0.05, 0.1) is 19.2 Å². The number of benzene rings is 2. The Morgan fingerprint density at radius 2 is 1.81 bits per heavy atom. The van der Waals surface area contributed by atoms with Gasteiger partial charge >= 0.3 is 0 Å². The predicted molar refractivity (Wildman–Crippen MR) is 98.5 cm³/mol. The Balaban J connectivity index is 1.70. The van der Waals surface area contributed by atoms with Crippen LogP contribution in [0.1, 0.15) is 28.6 Å². The fourth-order valence-electron chi connectivity index (χ4n) is 3.64. The van der Waals surface area contributed by atoms with Gasteiger partial charge in [-0.2, -0.15) is 0 Å². The van der Waals surface area contributed by atoms with Crippen molar-refractivity contribution < 1.29 is 4.74 Å². The highest BCUT2D eigenvalue weighted by molar-refractivity contribution is 5.31. The second kappa shape index (κ2) is 7.76. The van der Waals surface area contributed by atoms with E-state index in [9.17, 15) is 0 Å². The maximum absolute atomic E-state index is 5.22. The average Bonchev–Trinajstić information content (AvgIpc) is 3.15. The molecule has 0 amide bonds. The highest BCUT2D eigenvalue weighted by atomic mass is 16.5. The summed E-state index contributed by atoms with van der Waals surface area (Å²) in [5.74, 6) is 0.868. The van der Waals surface area contributed by atoms with Crippen molar-refractivity contribution in [2.45, 2.75) is 25.6 Å². The maximum atomic E-state index is 5.22. The summed E-state index contributed by atoms with van der Waals surface area (Å²) >= 11 is 0. The Morgan fingerprint density at radius 1 is 1.04 bits per heavy atom. The van der Waals surface area contributed by atoms with Crippen molar-refractivity contribution in [2.75, 3.05) is 20.3 Å². The Morgan fingerprint density at radius 3 is 2.62 bits per heavy atom. The fraction of sp³-hybridized carbons (Fsp3) is 0.350. The molecule has 1 aromatic heterocycles. The minimum absolute atomic E-state index is 0.0245. The molecule has 0 spiro atoms. The Hall–Kier alpha value is -2.57. The highest BCUT2D eigenvalue weighted by Crippen LogP contribution is 2.31. The van der Waals surface area contributed by atoms with Crippen LogP contribution in [0.15, 0.2) is 54.6 Å². The van der Waals surface area contributed by atoms with Crippen LogP contribution in [0.2, 0.25) is 0 Å². The minimum Gasteiger partial charge on any atom is -0.383 e. The van der Waals surface area contributed by atoms with Gasteiger partial charge in [-0.15, -0.1) is 5.10 Å². The molecule has 0 unspecified atom stereocenters. The summed E-state index contributed by atoms with van der Waals surface area (Å²) in [5, 5.41) is 12.5. The molecule has 1 aliphatic heterocycles. The molecule has 0 aliphatic carbocycles. The van der Waals surface area contributed by atoms with E-state index in [2.05, 4.69) is 69.0 Å². The van der Waals surface area contributed by atoms with E-state index in [-0.39, 0.29) is 6.04 Å². The largest absolute Gasteiger partial charge is 0.383 e. The first-order valence-corrected chi connectivity index (χ1v) is 8.97. The van der Waals surface area contributed by atoms with Crippen LogP contribution in [0.25, 0.3) is 0 Å². The van der Waals surface area contributed by atoms with Gasteiger partial charge in [0.15, 0.2) is 5.82 Å². The molecule has 1 aliphatic rings. The monoisotopic (exact) mass is 349 g/mol. The van der Waals surface area contributed by atoms with E-state index in [1.54, 1.807) is 7.11 Å². The Bertz CT molecular complexity index is 848. The first-order valence-electron chi connectivity index (χ1n) is 8.97. The molecule has 0 saturated heterocycles. The SMILES string of the molecule is COCCn1nnnc1[C@@H](c1ccccc1)N1CCc2ccccc2C1. The fourth-order valence-corrected chi connectivity index (χ4v) is 3.64. The van der Waals surface area contributed by atoms with Gasteiger partial charge in [-0.1, -0.05) is 54.6 Å². The number of rotatable bonds is 6. The summed E-state index contributed by atoms with van der Waals surface area (Å²) in [6.45, 7) is 3.11. The smallest absolute Gasteiger partial charge is 0.173 e. The average molecular weight is 349 g/mol. The third-order valence-electron chi connectivity index (χ3n) is 4.95. The van der Waals surface area contributed by atoms with Crippen LogP contribution in [0.4, 0.5) is 0 Å². The van der Waals surface area contributed by atoms with Gasteiger partial charge in [0.1, 0.15) is 0 Å². The van der Waals surface area contributed by atoms with E-state index >= 15 is 0 Å². The van der Waals surface area contributed by atoms with Crippen LogP contribution in [0.5, 0.6) is 0 Å². The van der Waals surface area contributed by atoms with Crippen LogP contribution in [0.3, 0.4) is 0 Å². The van der Waals surface area contributed by atoms with Crippen molar-refractivity contribution in [2.24, 2.45) is 0 Å². The van der Waals surface area contributed by atoms with Crippen LogP contribution in [-0.4, -0.2) is 45.4 Å². The maximum Gasteiger partial charge on any atom is 0.173 e. The molecule has 6 heteroatoms. The van der Waals surface area contributed by atoms with Gasteiger partial charge in [0.2, 0.25) is 0 Å². The molecular weight excluding hydrogens is 326 g/mol. The van der Waals surface area contributed by atoms with Crippen molar-refractivity contribution in [3.8, 4) is 0 Å².